The van der Waals surface area contributed by atoms with E-state index >= 15 is 0 Å². The van der Waals surface area contributed by atoms with Gasteiger partial charge in [-0.25, -0.2) is 5.43 Å². The third-order valence-corrected chi connectivity index (χ3v) is 2.95. The summed E-state index contributed by atoms with van der Waals surface area (Å²) in [7, 11) is 3.83. The fourth-order valence-electron chi connectivity index (χ4n) is 1.98. The minimum Gasteiger partial charge on any atom is -0.271 e. The highest BCUT2D eigenvalue weighted by Crippen LogP contribution is 2.21. The Labute approximate surface area is 100 Å². The first kappa shape index (κ1) is 11.8. The lowest BCUT2D eigenvalue weighted by molar-refractivity contribution is 0.535. The predicted molar refractivity (Wildman–Crippen MR) is 65.0 cm³/mol. The summed E-state index contributed by atoms with van der Waals surface area (Å²) in [6.45, 7) is 2.08. The highest BCUT2D eigenvalue weighted by Gasteiger charge is 2.19. The first-order chi connectivity index (χ1) is 8.17. The quantitative estimate of drug-likeness (QED) is 0.588. The number of aromatic nitrogens is 4. The molecule has 0 aliphatic carbocycles. The Balaban J connectivity index is 2.42. The number of hydrogen-bond donors (Lipinski definition) is 2. The third-order valence-electron chi connectivity index (χ3n) is 2.95. The first-order valence-corrected chi connectivity index (χ1v) is 5.64. The second-order valence-electron chi connectivity index (χ2n) is 4.02. The molecule has 17 heavy (non-hydrogen) atoms. The van der Waals surface area contributed by atoms with Crippen LogP contribution in [0.4, 0.5) is 0 Å². The van der Waals surface area contributed by atoms with Gasteiger partial charge in [0.25, 0.3) is 0 Å². The van der Waals surface area contributed by atoms with E-state index in [-0.39, 0.29) is 6.04 Å². The molecule has 1 unspecified atom stereocenters. The van der Waals surface area contributed by atoms with Crippen LogP contribution >= 0.6 is 0 Å². The second kappa shape index (κ2) is 4.68. The summed E-state index contributed by atoms with van der Waals surface area (Å²) >= 11 is 0. The summed E-state index contributed by atoms with van der Waals surface area (Å²) in [5.41, 5.74) is 5.93. The Bertz CT molecular complexity index is 498. The summed E-state index contributed by atoms with van der Waals surface area (Å²) < 4.78 is 3.67. The molecule has 1 atom stereocenters. The minimum absolute atomic E-state index is 0.0969. The van der Waals surface area contributed by atoms with Crippen LogP contribution in [0.5, 0.6) is 0 Å². The molecule has 6 nitrogen and oxygen atoms in total. The van der Waals surface area contributed by atoms with Crippen LogP contribution in [0.1, 0.15) is 30.0 Å². The van der Waals surface area contributed by atoms with Gasteiger partial charge in [0.2, 0.25) is 0 Å². The maximum atomic E-state index is 5.65. The summed E-state index contributed by atoms with van der Waals surface area (Å²) in [5, 5.41) is 8.59. The lowest BCUT2D eigenvalue weighted by Gasteiger charge is -2.16. The van der Waals surface area contributed by atoms with Gasteiger partial charge in [0.15, 0.2) is 0 Å². The summed E-state index contributed by atoms with van der Waals surface area (Å²) in [6, 6.07) is 3.92. The Hall–Kier alpha value is -1.66. The molecule has 3 N–H and O–H groups in total. The Kier molecular flexibility index (Phi) is 3.26. The van der Waals surface area contributed by atoms with E-state index in [2.05, 4.69) is 28.6 Å². The molecule has 2 rings (SSSR count). The molecule has 2 aromatic rings. The van der Waals surface area contributed by atoms with Gasteiger partial charge in [0.05, 0.1) is 17.1 Å². The molecule has 0 bridgehead atoms. The van der Waals surface area contributed by atoms with Gasteiger partial charge in [0, 0.05) is 20.3 Å². The van der Waals surface area contributed by atoms with Crippen molar-refractivity contribution in [1.29, 1.82) is 0 Å². The van der Waals surface area contributed by atoms with E-state index < -0.39 is 0 Å². The maximum Gasteiger partial charge on any atom is 0.104 e. The van der Waals surface area contributed by atoms with Gasteiger partial charge in [-0.1, -0.05) is 6.92 Å². The SMILES string of the molecule is CCc1cc(C(NN)c2ccnn2C)n(C)n1. The van der Waals surface area contributed by atoms with Crippen molar-refractivity contribution < 1.29 is 0 Å². The molecule has 0 amide bonds. The average molecular weight is 234 g/mol. The zero-order chi connectivity index (χ0) is 12.4. The molecule has 0 saturated heterocycles. The molecule has 0 saturated carbocycles. The number of aryl methyl sites for hydroxylation is 3. The minimum atomic E-state index is -0.0969. The Morgan fingerprint density at radius 1 is 1.35 bits per heavy atom. The van der Waals surface area contributed by atoms with Crippen LogP contribution in [-0.4, -0.2) is 19.6 Å². The molecule has 0 fully saturated rings. The van der Waals surface area contributed by atoms with Crippen LogP contribution < -0.4 is 11.3 Å². The monoisotopic (exact) mass is 234 g/mol. The number of rotatable bonds is 4. The van der Waals surface area contributed by atoms with Gasteiger partial charge >= 0.3 is 0 Å². The van der Waals surface area contributed by atoms with Crippen molar-refractivity contribution in [2.75, 3.05) is 0 Å². The third kappa shape index (κ3) is 2.09. The van der Waals surface area contributed by atoms with Gasteiger partial charge < -0.3 is 0 Å². The van der Waals surface area contributed by atoms with E-state index in [1.54, 1.807) is 6.20 Å². The van der Waals surface area contributed by atoms with Crippen LogP contribution in [0, 0.1) is 0 Å². The van der Waals surface area contributed by atoms with Gasteiger partial charge in [-0.15, -0.1) is 0 Å². The highest BCUT2D eigenvalue weighted by atomic mass is 15.3. The Morgan fingerprint density at radius 2 is 2.12 bits per heavy atom. The van der Waals surface area contributed by atoms with Crippen LogP contribution in [0.3, 0.4) is 0 Å². The predicted octanol–water partition coefficient (Wildman–Crippen LogP) is 0.269. The molecule has 0 aliphatic heterocycles. The number of nitrogens with two attached hydrogens (primary N) is 1. The molecule has 0 aliphatic rings. The molecule has 0 aromatic carbocycles. The number of nitrogens with one attached hydrogen (secondary N) is 1. The van der Waals surface area contributed by atoms with Crippen molar-refractivity contribution in [2.45, 2.75) is 19.4 Å². The Morgan fingerprint density at radius 3 is 2.59 bits per heavy atom. The molecule has 0 radical (unpaired) electrons. The van der Waals surface area contributed by atoms with Crippen molar-refractivity contribution in [3.05, 3.63) is 35.4 Å². The number of nitrogens with zero attached hydrogens (tertiary/aromatic N) is 4. The zero-order valence-corrected chi connectivity index (χ0v) is 10.4. The van der Waals surface area contributed by atoms with E-state index in [0.717, 1.165) is 23.5 Å². The summed E-state index contributed by atoms with van der Waals surface area (Å²) in [4.78, 5) is 0. The zero-order valence-electron chi connectivity index (χ0n) is 10.4. The van der Waals surface area contributed by atoms with E-state index in [1.807, 2.05) is 29.5 Å². The van der Waals surface area contributed by atoms with Gasteiger partial charge in [-0.05, 0) is 18.6 Å². The fourth-order valence-corrected chi connectivity index (χ4v) is 1.98. The number of hydrazine groups is 1. The highest BCUT2D eigenvalue weighted by molar-refractivity contribution is 5.23. The van der Waals surface area contributed by atoms with Crippen LogP contribution in [0.2, 0.25) is 0 Å². The lowest BCUT2D eigenvalue weighted by atomic mass is 10.1. The first-order valence-electron chi connectivity index (χ1n) is 5.64. The second-order valence-corrected chi connectivity index (χ2v) is 4.02. The van der Waals surface area contributed by atoms with Gasteiger partial charge in [0.1, 0.15) is 6.04 Å². The molecule has 2 aromatic heterocycles. The van der Waals surface area contributed by atoms with E-state index in [1.165, 1.54) is 0 Å². The number of hydrogen-bond acceptors (Lipinski definition) is 4. The van der Waals surface area contributed by atoms with E-state index in [9.17, 15) is 0 Å². The maximum absolute atomic E-state index is 5.65. The van der Waals surface area contributed by atoms with E-state index in [4.69, 9.17) is 5.84 Å². The van der Waals surface area contributed by atoms with Crippen molar-refractivity contribution in [3.8, 4) is 0 Å². The normalized spacial score (nSPS) is 12.9. The van der Waals surface area contributed by atoms with Crippen molar-refractivity contribution >= 4 is 0 Å². The largest absolute Gasteiger partial charge is 0.271 e. The van der Waals surface area contributed by atoms with Gasteiger partial charge in [-0.2, -0.15) is 10.2 Å². The molecule has 6 heteroatoms. The van der Waals surface area contributed by atoms with Crippen molar-refractivity contribution in [3.63, 3.8) is 0 Å². The van der Waals surface area contributed by atoms with Gasteiger partial charge in [-0.3, -0.25) is 15.2 Å². The van der Waals surface area contributed by atoms with Crippen molar-refractivity contribution in [2.24, 2.45) is 19.9 Å². The van der Waals surface area contributed by atoms with Crippen LogP contribution in [0.25, 0.3) is 0 Å². The van der Waals surface area contributed by atoms with Crippen molar-refractivity contribution in [1.82, 2.24) is 25.0 Å². The summed E-state index contributed by atoms with van der Waals surface area (Å²) in [6.07, 6.45) is 2.67. The van der Waals surface area contributed by atoms with Crippen LogP contribution in [-0.2, 0) is 20.5 Å². The molecule has 0 spiro atoms. The molecular formula is C11H18N6. The van der Waals surface area contributed by atoms with E-state index in [0.29, 0.717) is 0 Å². The fraction of sp³-hybridized carbons (Fsp3) is 0.455. The van der Waals surface area contributed by atoms with Crippen LogP contribution in [0.15, 0.2) is 18.3 Å². The molecular weight excluding hydrogens is 216 g/mol. The lowest BCUT2D eigenvalue weighted by Crippen LogP contribution is -2.31. The summed E-state index contributed by atoms with van der Waals surface area (Å²) in [5.74, 6) is 5.65. The topological polar surface area (TPSA) is 73.7 Å². The smallest absolute Gasteiger partial charge is 0.104 e. The molecule has 2 heterocycles. The average Bonchev–Trinajstić information content (AvgIpc) is 2.88. The molecule has 92 valence electrons. The standard InChI is InChI=1S/C11H18N6/c1-4-8-7-10(17(3)15-8)11(14-12)9-5-6-13-16(9)2/h5-7,11,14H,4,12H2,1-3H3.